The molecule has 2 rings (SSSR count). The molecule has 0 radical (unpaired) electrons. The number of carbonyl (C=O) groups is 1. The summed E-state index contributed by atoms with van der Waals surface area (Å²) in [5, 5.41) is 6.04. The Labute approximate surface area is 149 Å². The standard InChI is InChI=1S/C18H28N4OS/c1-3-10-20-17(23)12-21-18(19-2)22-11-9-15(13-22)14-24-16-7-5-4-6-8-16/h4-8,15H,3,9-14H2,1-2H3,(H,19,21)(H,20,23). The molecule has 1 fully saturated rings. The highest BCUT2D eigenvalue weighted by Crippen LogP contribution is 2.25. The Balaban J connectivity index is 1.73. The maximum absolute atomic E-state index is 11.7. The molecule has 1 aromatic rings. The van der Waals surface area contributed by atoms with Crippen LogP contribution >= 0.6 is 11.8 Å². The summed E-state index contributed by atoms with van der Waals surface area (Å²) >= 11 is 1.92. The van der Waals surface area contributed by atoms with E-state index in [9.17, 15) is 4.79 Å². The Kier molecular flexibility index (Phi) is 7.95. The molecule has 1 saturated heterocycles. The average molecular weight is 349 g/mol. The lowest BCUT2D eigenvalue weighted by Gasteiger charge is -2.21. The molecule has 1 aromatic carbocycles. The van der Waals surface area contributed by atoms with E-state index in [0.29, 0.717) is 5.92 Å². The van der Waals surface area contributed by atoms with Gasteiger partial charge in [0.25, 0.3) is 0 Å². The van der Waals surface area contributed by atoms with E-state index in [-0.39, 0.29) is 12.5 Å². The van der Waals surface area contributed by atoms with Crippen molar-refractivity contribution in [2.75, 3.05) is 39.0 Å². The zero-order valence-electron chi connectivity index (χ0n) is 14.6. The predicted molar refractivity (Wildman–Crippen MR) is 102 cm³/mol. The second kappa shape index (κ2) is 10.2. The molecular formula is C18H28N4OS. The number of hydrogen-bond acceptors (Lipinski definition) is 3. The topological polar surface area (TPSA) is 56.7 Å². The van der Waals surface area contributed by atoms with Crippen molar-refractivity contribution < 1.29 is 4.79 Å². The zero-order valence-corrected chi connectivity index (χ0v) is 15.4. The fraction of sp³-hybridized carbons (Fsp3) is 0.556. The van der Waals surface area contributed by atoms with Crippen LogP contribution in [-0.4, -0.2) is 55.7 Å². The van der Waals surface area contributed by atoms with Gasteiger partial charge in [-0.3, -0.25) is 9.79 Å². The lowest BCUT2D eigenvalue weighted by Crippen LogP contribution is -2.44. The van der Waals surface area contributed by atoms with E-state index in [4.69, 9.17) is 0 Å². The molecule has 24 heavy (non-hydrogen) atoms. The first-order valence-electron chi connectivity index (χ1n) is 8.63. The van der Waals surface area contributed by atoms with E-state index in [0.717, 1.165) is 37.8 Å². The normalized spacial score (nSPS) is 17.8. The lowest BCUT2D eigenvalue weighted by atomic mass is 10.2. The molecule has 1 atom stereocenters. The molecule has 0 saturated carbocycles. The van der Waals surface area contributed by atoms with E-state index in [1.807, 2.05) is 24.8 Å². The third kappa shape index (κ3) is 6.07. The molecule has 5 nitrogen and oxygen atoms in total. The maximum atomic E-state index is 11.7. The highest BCUT2D eigenvalue weighted by atomic mass is 32.2. The van der Waals surface area contributed by atoms with Gasteiger partial charge in [0, 0.05) is 37.3 Å². The number of guanidine groups is 1. The maximum Gasteiger partial charge on any atom is 0.239 e. The smallest absolute Gasteiger partial charge is 0.239 e. The molecule has 1 unspecified atom stereocenters. The number of hydrogen-bond donors (Lipinski definition) is 2. The van der Waals surface area contributed by atoms with Crippen LogP contribution in [0.25, 0.3) is 0 Å². The fourth-order valence-electron chi connectivity index (χ4n) is 2.71. The average Bonchev–Trinajstić information content (AvgIpc) is 3.08. The fourth-order valence-corrected chi connectivity index (χ4v) is 3.76. The Morgan fingerprint density at radius 3 is 2.83 bits per heavy atom. The summed E-state index contributed by atoms with van der Waals surface area (Å²) in [6.45, 7) is 5.05. The van der Waals surface area contributed by atoms with Crippen molar-refractivity contribution in [3.05, 3.63) is 30.3 Å². The van der Waals surface area contributed by atoms with Crippen molar-refractivity contribution in [1.82, 2.24) is 15.5 Å². The van der Waals surface area contributed by atoms with Gasteiger partial charge in [-0.15, -0.1) is 11.8 Å². The van der Waals surface area contributed by atoms with Crippen LogP contribution in [0.2, 0.25) is 0 Å². The summed E-state index contributed by atoms with van der Waals surface area (Å²) in [4.78, 5) is 19.6. The minimum absolute atomic E-state index is 0.0216. The minimum atomic E-state index is 0.0216. The van der Waals surface area contributed by atoms with E-state index >= 15 is 0 Å². The zero-order chi connectivity index (χ0) is 17.2. The van der Waals surface area contributed by atoms with E-state index < -0.39 is 0 Å². The van der Waals surface area contributed by atoms with E-state index in [2.05, 4.69) is 44.8 Å². The van der Waals surface area contributed by atoms with Crippen LogP contribution < -0.4 is 10.6 Å². The quantitative estimate of drug-likeness (QED) is 0.451. The van der Waals surface area contributed by atoms with Crippen LogP contribution in [0.3, 0.4) is 0 Å². The molecular weight excluding hydrogens is 320 g/mol. The van der Waals surface area contributed by atoms with Crippen LogP contribution in [0.5, 0.6) is 0 Å². The summed E-state index contributed by atoms with van der Waals surface area (Å²) in [7, 11) is 1.78. The number of amides is 1. The number of carbonyl (C=O) groups excluding carboxylic acids is 1. The van der Waals surface area contributed by atoms with Gasteiger partial charge >= 0.3 is 0 Å². The first-order valence-corrected chi connectivity index (χ1v) is 9.61. The summed E-state index contributed by atoms with van der Waals surface area (Å²) in [5.41, 5.74) is 0. The molecule has 2 N–H and O–H groups in total. The Hall–Kier alpha value is -1.69. The van der Waals surface area contributed by atoms with Crippen molar-refractivity contribution in [2.24, 2.45) is 10.9 Å². The second-order valence-electron chi connectivity index (χ2n) is 5.98. The van der Waals surface area contributed by atoms with Crippen molar-refractivity contribution >= 4 is 23.6 Å². The van der Waals surface area contributed by atoms with Gasteiger partial charge < -0.3 is 15.5 Å². The second-order valence-corrected chi connectivity index (χ2v) is 7.07. The first kappa shape index (κ1) is 18.6. The molecule has 0 bridgehead atoms. The minimum Gasteiger partial charge on any atom is -0.355 e. The predicted octanol–water partition coefficient (Wildman–Crippen LogP) is 2.20. The Bertz CT molecular complexity index is 535. The largest absolute Gasteiger partial charge is 0.355 e. The summed E-state index contributed by atoms with van der Waals surface area (Å²) in [6, 6.07) is 10.5. The Morgan fingerprint density at radius 2 is 2.12 bits per heavy atom. The number of aliphatic imine (C=N–C) groups is 1. The first-order chi connectivity index (χ1) is 11.7. The molecule has 1 aliphatic heterocycles. The number of likely N-dealkylation sites (tertiary alicyclic amines) is 1. The van der Waals surface area contributed by atoms with E-state index in [1.54, 1.807) is 7.05 Å². The van der Waals surface area contributed by atoms with Crippen LogP contribution in [0.4, 0.5) is 0 Å². The molecule has 1 amide bonds. The molecule has 132 valence electrons. The van der Waals surface area contributed by atoms with Gasteiger partial charge in [0.1, 0.15) is 0 Å². The highest BCUT2D eigenvalue weighted by Gasteiger charge is 2.25. The number of rotatable bonds is 7. The number of nitrogens with one attached hydrogen (secondary N) is 2. The van der Waals surface area contributed by atoms with Crippen molar-refractivity contribution in [1.29, 1.82) is 0 Å². The van der Waals surface area contributed by atoms with Gasteiger partial charge in [-0.25, -0.2) is 0 Å². The summed E-state index contributed by atoms with van der Waals surface area (Å²) < 4.78 is 0. The lowest BCUT2D eigenvalue weighted by molar-refractivity contribution is -0.120. The van der Waals surface area contributed by atoms with Crippen molar-refractivity contribution in [3.8, 4) is 0 Å². The van der Waals surface area contributed by atoms with Crippen LogP contribution in [0.15, 0.2) is 40.2 Å². The molecule has 0 aromatic heterocycles. The molecule has 0 aliphatic carbocycles. The molecule has 0 spiro atoms. The Morgan fingerprint density at radius 1 is 1.33 bits per heavy atom. The van der Waals surface area contributed by atoms with Crippen LogP contribution in [0, 0.1) is 5.92 Å². The number of nitrogens with zero attached hydrogens (tertiary/aromatic N) is 2. The molecule has 1 heterocycles. The molecule has 1 aliphatic rings. The third-order valence-electron chi connectivity index (χ3n) is 4.01. The monoisotopic (exact) mass is 348 g/mol. The van der Waals surface area contributed by atoms with Gasteiger partial charge in [0.2, 0.25) is 5.91 Å². The van der Waals surface area contributed by atoms with Crippen LogP contribution in [0.1, 0.15) is 19.8 Å². The van der Waals surface area contributed by atoms with Gasteiger partial charge in [-0.2, -0.15) is 0 Å². The molecule has 6 heteroatoms. The van der Waals surface area contributed by atoms with Crippen LogP contribution in [-0.2, 0) is 4.79 Å². The van der Waals surface area contributed by atoms with Gasteiger partial charge in [0.15, 0.2) is 5.96 Å². The summed E-state index contributed by atoms with van der Waals surface area (Å²) in [5.74, 6) is 2.62. The summed E-state index contributed by atoms with van der Waals surface area (Å²) in [6.07, 6.45) is 2.12. The third-order valence-corrected chi connectivity index (χ3v) is 5.25. The SMILES string of the molecule is CCCNC(=O)CNC(=NC)N1CCC(CSc2ccccc2)C1. The number of thioether (sulfide) groups is 1. The number of benzene rings is 1. The van der Waals surface area contributed by atoms with Gasteiger partial charge in [-0.1, -0.05) is 25.1 Å². The highest BCUT2D eigenvalue weighted by molar-refractivity contribution is 7.99. The van der Waals surface area contributed by atoms with Gasteiger partial charge in [-0.05, 0) is 30.9 Å². The van der Waals surface area contributed by atoms with Crippen molar-refractivity contribution in [3.63, 3.8) is 0 Å². The van der Waals surface area contributed by atoms with E-state index in [1.165, 1.54) is 11.3 Å². The van der Waals surface area contributed by atoms with Crippen molar-refractivity contribution in [2.45, 2.75) is 24.7 Å². The van der Waals surface area contributed by atoms with Gasteiger partial charge in [0.05, 0.1) is 6.54 Å².